The zero-order valence-electron chi connectivity index (χ0n) is 12.1. The Kier molecular flexibility index (Phi) is 6.36. The molecule has 4 heteroatoms. The molecule has 0 heterocycles. The third kappa shape index (κ3) is 5.30. The average molecular weight is 263 g/mol. The number of hydrogen-bond donors (Lipinski definition) is 3. The van der Waals surface area contributed by atoms with Crippen molar-refractivity contribution in [1.82, 2.24) is 5.32 Å². The predicted molar refractivity (Wildman–Crippen MR) is 80.1 cm³/mol. The topological polar surface area (TPSA) is 67.2 Å². The van der Waals surface area contributed by atoms with E-state index < -0.39 is 0 Å². The lowest BCUT2D eigenvalue weighted by Crippen LogP contribution is -2.27. The minimum absolute atomic E-state index is 0.0312. The molecule has 1 unspecified atom stereocenters. The van der Waals surface area contributed by atoms with Gasteiger partial charge in [-0.15, -0.1) is 0 Å². The summed E-state index contributed by atoms with van der Waals surface area (Å²) in [6.45, 7) is 5.94. The van der Waals surface area contributed by atoms with E-state index in [-0.39, 0.29) is 5.91 Å². The van der Waals surface area contributed by atoms with Crippen LogP contribution in [0.3, 0.4) is 0 Å². The van der Waals surface area contributed by atoms with Gasteiger partial charge in [0.2, 0.25) is 5.91 Å². The summed E-state index contributed by atoms with van der Waals surface area (Å²) in [7, 11) is 1.65. The molecule has 1 aromatic carbocycles. The number of nitrogens with one attached hydrogen (secondary N) is 2. The number of hydrogen-bond acceptors (Lipinski definition) is 3. The molecule has 0 aliphatic heterocycles. The highest BCUT2D eigenvalue weighted by molar-refractivity contribution is 5.78. The fraction of sp³-hybridized carbons (Fsp3) is 0.533. The highest BCUT2D eigenvalue weighted by Gasteiger charge is 2.10. The molecular weight excluding hydrogens is 238 g/mol. The van der Waals surface area contributed by atoms with E-state index in [1.165, 1.54) is 0 Å². The molecule has 19 heavy (non-hydrogen) atoms. The summed E-state index contributed by atoms with van der Waals surface area (Å²) in [5.74, 6) is 1.08. The number of carbonyl (C=O) groups is 1. The maximum atomic E-state index is 11.3. The van der Waals surface area contributed by atoms with Crippen LogP contribution in [0.25, 0.3) is 0 Å². The van der Waals surface area contributed by atoms with Gasteiger partial charge in [0.1, 0.15) is 0 Å². The number of nitrogens with two attached hydrogens (primary N) is 1. The molecule has 4 N–H and O–H groups in total. The number of anilines is 1. The van der Waals surface area contributed by atoms with E-state index in [4.69, 9.17) is 5.73 Å². The van der Waals surface area contributed by atoms with E-state index in [0.29, 0.717) is 24.8 Å². The zero-order chi connectivity index (χ0) is 14.3. The number of amides is 1. The lowest BCUT2D eigenvalue weighted by atomic mass is 9.96. The van der Waals surface area contributed by atoms with Gasteiger partial charge in [0.15, 0.2) is 0 Å². The molecule has 0 aliphatic carbocycles. The summed E-state index contributed by atoms with van der Waals surface area (Å²) < 4.78 is 0. The highest BCUT2D eigenvalue weighted by Crippen LogP contribution is 2.13. The van der Waals surface area contributed by atoms with Crippen molar-refractivity contribution < 1.29 is 4.79 Å². The van der Waals surface area contributed by atoms with Crippen molar-refractivity contribution in [3.8, 4) is 0 Å². The Morgan fingerprint density at radius 2 is 1.89 bits per heavy atom. The number of benzene rings is 1. The second kappa shape index (κ2) is 7.79. The fourth-order valence-corrected chi connectivity index (χ4v) is 1.85. The normalized spacial score (nSPS) is 12.3. The number of rotatable bonds is 7. The van der Waals surface area contributed by atoms with Crippen LogP contribution in [0.4, 0.5) is 5.69 Å². The quantitative estimate of drug-likeness (QED) is 0.700. The molecule has 0 spiro atoms. The molecule has 0 radical (unpaired) electrons. The van der Waals surface area contributed by atoms with Crippen molar-refractivity contribution in [3.05, 3.63) is 29.8 Å². The third-order valence-corrected chi connectivity index (χ3v) is 3.41. The van der Waals surface area contributed by atoms with E-state index in [0.717, 1.165) is 17.8 Å². The van der Waals surface area contributed by atoms with Crippen molar-refractivity contribution in [1.29, 1.82) is 0 Å². The SMILES string of the molecule is CNC(=O)Cc1ccc(NCC(CN)C(C)C)cc1. The minimum atomic E-state index is 0.0312. The van der Waals surface area contributed by atoms with Gasteiger partial charge in [-0.1, -0.05) is 26.0 Å². The second-order valence-corrected chi connectivity index (χ2v) is 5.17. The maximum absolute atomic E-state index is 11.3. The van der Waals surface area contributed by atoms with Crippen molar-refractivity contribution in [2.24, 2.45) is 17.6 Å². The lowest BCUT2D eigenvalue weighted by Gasteiger charge is -2.20. The summed E-state index contributed by atoms with van der Waals surface area (Å²) in [5.41, 5.74) is 7.83. The van der Waals surface area contributed by atoms with E-state index in [9.17, 15) is 4.79 Å². The molecule has 1 atom stereocenters. The summed E-state index contributed by atoms with van der Waals surface area (Å²) >= 11 is 0. The molecule has 106 valence electrons. The van der Waals surface area contributed by atoms with Gasteiger partial charge in [-0.25, -0.2) is 0 Å². The lowest BCUT2D eigenvalue weighted by molar-refractivity contribution is -0.119. The summed E-state index contributed by atoms with van der Waals surface area (Å²) in [4.78, 5) is 11.3. The van der Waals surface area contributed by atoms with Crippen molar-refractivity contribution in [2.75, 3.05) is 25.5 Å². The molecule has 1 aromatic rings. The minimum Gasteiger partial charge on any atom is -0.385 e. The monoisotopic (exact) mass is 263 g/mol. The molecular formula is C15H25N3O. The van der Waals surface area contributed by atoms with Gasteiger partial charge in [0.25, 0.3) is 0 Å². The predicted octanol–water partition coefficient (Wildman–Crippen LogP) is 1.62. The molecule has 1 amide bonds. The Labute approximate surface area is 115 Å². The van der Waals surface area contributed by atoms with Crippen LogP contribution in [0, 0.1) is 11.8 Å². The van der Waals surface area contributed by atoms with Gasteiger partial charge < -0.3 is 16.4 Å². The van der Waals surface area contributed by atoms with Crippen molar-refractivity contribution >= 4 is 11.6 Å². The molecule has 0 fully saturated rings. The highest BCUT2D eigenvalue weighted by atomic mass is 16.1. The van der Waals surface area contributed by atoms with Crippen molar-refractivity contribution in [2.45, 2.75) is 20.3 Å². The maximum Gasteiger partial charge on any atom is 0.224 e. The molecule has 4 nitrogen and oxygen atoms in total. The Morgan fingerprint density at radius 1 is 1.26 bits per heavy atom. The second-order valence-electron chi connectivity index (χ2n) is 5.17. The molecule has 1 rings (SSSR count). The van der Waals surface area contributed by atoms with Crippen LogP contribution in [0.15, 0.2) is 24.3 Å². The van der Waals surface area contributed by atoms with Crippen LogP contribution in [-0.2, 0) is 11.2 Å². The average Bonchev–Trinajstić information content (AvgIpc) is 2.40. The van der Waals surface area contributed by atoms with Gasteiger partial charge in [-0.3, -0.25) is 4.79 Å². The summed E-state index contributed by atoms with van der Waals surface area (Å²) in [5, 5.41) is 6.01. The molecule has 0 aromatic heterocycles. The Morgan fingerprint density at radius 3 is 2.37 bits per heavy atom. The first-order chi connectivity index (χ1) is 9.06. The van der Waals surface area contributed by atoms with Gasteiger partial charge >= 0.3 is 0 Å². The Hall–Kier alpha value is -1.55. The molecule has 0 saturated carbocycles. The van der Waals surface area contributed by atoms with Gasteiger partial charge in [-0.05, 0) is 36.1 Å². The van der Waals surface area contributed by atoms with Crippen LogP contribution < -0.4 is 16.4 Å². The molecule has 0 aliphatic rings. The fourth-order valence-electron chi connectivity index (χ4n) is 1.85. The Bertz CT molecular complexity index is 387. The Balaban J connectivity index is 2.50. The van der Waals surface area contributed by atoms with E-state index >= 15 is 0 Å². The smallest absolute Gasteiger partial charge is 0.224 e. The van der Waals surface area contributed by atoms with Crippen LogP contribution in [-0.4, -0.2) is 26.0 Å². The first-order valence-electron chi connectivity index (χ1n) is 6.80. The van der Waals surface area contributed by atoms with E-state index in [1.54, 1.807) is 7.05 Å². The standard InChI is InChI=1S/C15H25N3O/c1-11(2)13(9-16)10-18-14-6-4-12(5-7-14)8-15(19)17-3/h4-7,11,13,18H,8-10,16H2,1-3H3,(H,17,19). The molecule has 0 bridgehead atoms. The third-order valence-electron chi connectivity index (χ3n) is 3.41. The van der Waals surface area contributed by atoms with Gasteiger partial charge in [-0.2, -0.15) is 0 Å². The first-order valence-corrected chi connectivity index (χ1v) is 6.80. The summed E-state index contributed by atoms with van der Waals surface area (Å²) in [6, 6.07) is 7.97. The number of likely N-dealkylation sites (N-methyl/N-ethyl adjacent to an activating group) is 1. The van der Waals surface area contributed by atoms with Crippen LogP contribution >= 0.6 is 0 Å². The largest absolute Gasteiger partial charge is 0.385 e. The van der Waals surface area contributed by atoms with Crippen LogP contribution in [0.5, 0.6) is 0 Å². The molecule has 0 saturated heterocycles. The van der Waals surface area contributed by atoms with E-state index in [1.807, 2.05) is 24.3 Å². The summed E-state index contributed by atoms with van der Waals surface area (Å²) in [6.07, 6.45) is 0.425. The van der Waals surface area contributed by atoms with Crippen LogP contribution in [0.2, 0.25) is 0 Å². The van der Waals surface area contributed by atoms with Crippen LogP contribution in [0.1, 0.15) is 19.4 Å². The van der Waals surface area contributed by atoms with Crippen molar-refractivity contribution in [3.63, 3.8) is 0 Å². The van der Waals surface area contributed by atoms with E-state index in [2.05, 4.69) is 24.5 Å². The van der Waals surface area contributed by atoms with Gasteiger partial charge in [0.05, 0.1) is 6.42 Å². The number of carbonyl (C=O) groups excluding carboxylic acids is 1. The first kappa shape index (κ1) is 15.5. The van der Waals surface area contributed by atoms with Gasteiger partial charge in [0, 0.05) is 19.3 Å². The zero-order valence-corrected chi connectivity index (χ0v) is 12.1.